The highest BCUT2D eigenvalue weighted by Crippen LogP contribution is 2.26. The number of hydrogen-bond donors (Lipinski definition) is 0. The van der Waals surface area contributed by atoms with E-state index in [0.717, 1.165) is 29.0 Å². The van der Waals surface area contributed by atoms with Gasteiger partial charge in [0.15, 0.2) is 0 Å². The minimum atomic E-state index is 0.562. The van der Waals surface area contributed by atoms with Crippen molar-refractivity contribution in [3.8, 4) is 11.5 Å². The minimum Gasteiger partial charge on any atom is -0.489 e. The highest BCUT2D eigenvalue weighted by Gasteiger charge is 2.06. The van der Waals surface area contributed by atoms with Gasteiger partial charge in [0.2, 0.25) is 0 Å². The fourth-order valence-electron chi connectivity index (χ4n) is 2.12. The van der Waals surface area contributed by atoms with E-state index in [9.17, 15) is 0 Å². The monoisotopic (exact) mass is 308 g/mol. The number of allylic oxidation sites excluding steroid dienone is 2. The summed E-state index contributed by atoms with van der Waals surface area (Å²) in [6.07, 6.45) is 4.70. The zero-order valence-electron chi connectivity index (χ0n) is 13.9. The molecule has 0 aliphatic rings. The molecule has 23 heavy (non-hydrogen) atoms. The molecule has 0 amide bonds. The van der Waals surface area contributed by atoms with Crippen LogP contribution in [-0.4, -0.2) is 6.61 Å². The zero-order chi connectivity index (χ0) is 16.5. The average molecular weight is 308 g/mol. The maximum Gasteiger partial charge on any atom is 0.123 e. The first-order valence-corrected chi connectivity index (χ1v) is 7.88. The van der Waals surface area contributed by atoms with E-state index in [4.69, 9.17) is 9.47 Å². The van der Waals surface area contributed by atoms with E-state index in [1.807, 2.05) is 49.4 Å². The van der Waals surface area contributed by atoms with E-state index >= 15 is 0 Å². The second-order valence-electron chi connectivity index (χ2n) is 5.46. The van der Waals surface area contributed by atoms with Crippen molar-refractivity contribution in [3.63, 3.8) is 0 Å². The lowest BCUT2D eigenvalue weighted by molar-refractivity contribution is 0.304. The van der Waals surface area contributed by atoms with Gasteiger partial charge in [-0.2, -0.15) is 0 Å². The predicted octanol–water partition coefficient (Wildman–Crippen LogP) is 5.34. The van der Waals surface area contributed by atoms with Gasteiger partial charge in [0, 0.05) is 5.56 Å². The summed E-state index contributed by atoms with van der Waals surface area (Å²) >= 11 is 0. The smallest absolute Gasteiger partial charge is 0.123 e. The summed E-state index contributed by atoms with van der Waals surface area (Å²) in [6, 6.07) is 16.1. The molecular weight excluding hydrogens is 284 g/mol. The van der Waals surface area contributed by atoms with Crippen LogP contribution in [0.2, 0.25) is 0 Å². The summed E-state index contributed by atoms with van der Waals surface area (Å²) in [5.74, 6) is 1.74. The second kappa shape index (κ2) is 8.84. The maximum atomic E-state index is 5.89. The van der Waals surface area contributed by atoms with E-state index < -0.39 is 0 Å². The molecule has 0 unspecified atom stereocenters. The van der Waals surface area contributed by atoms with Crippen molar-refractivity contribution in [3.05, 3.63) is 84.0 Å². The summed E-state index contributed by atoms with van der Waals surface area (Å²) in [7, 11) is 0. The first-order chi connectivity index (χ1) is 11.2. The van der Waals surface area contributed by atoms with Crippen molar-refractivity contribution >= 4 is 0 Å². The average Bonchev–Trinajstić information content (AvgIpc) is 2.60. The molecule has 0 atom stereocenters. The van der Waals surface area contributed by atoms with Gasteiger partial charge in [-0.1, -0.05) is 42.5 Å². The van der Waals surface area contributed by atoms with E-state index in [1.165, 1.54) is 5.57 Å². The van der Waals surface area contributed by atoms with Crippen LogP contribution in [0.4, 0.5) is 0 Å². The fraction of sp³-hybridized carbons (Fsp3) is 0.238. The maximum absolute atomic E-state index is 5.89. The lowest BCUT2D eigenvalue weighted by Crippen LogP contribution is -2.02. The van der Waals surface area contributed by atoms with Crippen molar-refractivity contribution in [2.75, 3.05) is 6.61 Å². The van der Waals surface area contributed by atoms with Crippen LogP contribution in [0.5, 0.6) is 11.5 Å². The minimum absolute atomic E-state index is 0.562. The molecule has 2 aromatic carbocycles. The van der Waals surface area contributed by atoms with Gasteiger partial charge in [0.25, 0.3) is 0 Å². The van der Waals surface area contributed by atoms with Crippen LogP contribution >= 0.6 is 0 Å². The molecular formula is C21H24O2. The number of rotatable bonds is 8. The topological polar surface area (TPSA) is 18.5 Å². The Balaban J connectivity index is 2.06. The van der Waals surface area contributed by atoms with Gasteiger partial charge in [-0.3, -0.25) is 0 Å². The first-order valence-electron chi connectivity index (χ1n) is 7.88. The second-order valence-corrected chi connectivity index (χ2v) is 5.46. The van der Waals surface area contributed by atoms with Crippen LogP contribution in [0.25, 0.3) is 0 Å². The van der Waals surface area contributed by atoms with E-state index in [-0.39, 0.29) is 0 Å². The Morgan fingerprint density at radius 2 is 1.87 bits per heavy atom. The number of benzene rings is 2. The Bertz CT molecular complexity index is 657. The van der Waals surface area contributed by atoms with E-state index in [0.29, 0.717) is 13.2 Å². The number of ether oxygens (including phenoxy) is 2. The molecule has 0 spiro atoms. The predicted molar refractivity (Wildman–Crippen MR) is 96.0 cm³/mol. The van der Waals surface area contributed by atoms with Crippen molar-refractivity contribution in [2.24, 2.45) is 0 Å². The third-order valence-electron chi connectivity index (χ3n) is 3.59. The molecule has 0 radical (unpaired) electrons. The molecule has 0 saturated carbocycles. The van der Waals surface area contributed by atoms with Crippen LogP contribution in [0.3, 0.4) is 0 Å². The molecule has 0 aliphatic carbocycles. The molecule has 0 bridgehead atoms. The van der Waals surface area contributed by atoms with Crippen molar-refractivity contribution in [2.45, 2.75) is 26.9 Å². The molecule has 2 rings (SSSR count). The molecule has 2 aromatic rings. The highest BCUT2D eigenvalue weighted by molar-refractivity contribution is 5.41. The van der Waals surface area contributed by atoms with Gasteiger partial charge in [0.1, 0.15) is 24.7 Å². The van der Waals surface area contributed by atoms with Crippen molar-refractivity contribution in [1.29, 1.82) is 0 Å². The Hall–Kier alpha value is -2.48. The molecule has 2 nitrogen and oxygen atoms in total. The van der Waals surface area contributed by atoms with Crippen LogP contribution in [0.15, 0.2) is 72.8 Å². The molecule has 0 N–H and O–H groups in total. The molecule has 120 valence electrons. The quantitative estimate of drug-likeness (QED) is 0.613. The van der Waals surface area contributed by atoms with Crippen molar-refractivity contribution < 1.29 is 9.47 Å². The summed E-state index contributed by atoms with van der Waals surface area (Å²) in [5.41, 5.74) is 3.45. The van der Waals surface area contributed by atoms with Crippen LogP contribution < -0.4 is 9.47 Å². The van der Waals surface area contributed by atoms with Gasteiger partial charge < -0.3 is 9.47 Å². The Morgan fingerprint density at radius 3 is 2.57 bits per heavy atom. The summed E-state index contributed by atoms with van der Waals surface area (Å²) in [4.78, 5) is 0. The SMILES string of the molecule is C=CCc1cc(OCc2ccccc2)ccc1OC/C(C)=C/C. The van der Waals surface area contributed by atoms with Gasteiger partial charge in [-0.25, -0.2) is 0 Å². The van der Waals surface area contributed by atoms with Crippen molar-refractivity contribution in [1.82, 2.24) is 0 Å². The van der Waals surface area contributed by atoms with Gasteiger partial charge in [-0.15, -0.1) is 6.58 Å². The first kappa shape index (κ1) is 16.9. The lowest BCUT2D eigenvalue weighted by Gasteiger charge is -2.13. The molecule has 0 saturated heterocycles. The van der Waals surface area contributed by atoms with E-state index in [1.54, 1.807) is 0 Å². The standard InChI is InChI=1S/C21H24O2/c1-4-9-19-14-20(22-16-18-10-7-6-8-11-18)12-13-21(19)23-15-17(3)5-2/h4-8,10-14H,1,9,15-16H2,2-3H3/b17-5+. The molecule has 0 heterocycles. The normalized spacial score (nSPS) is 11.1. The lowest BCUT2D eigenvalue weighted by atomic mass is 10.1. The Morgan fingerprint density at radius 1 is 1.09 bits per heavy atom. The molecule has 2 heteroatoms. The van der Waals surface area contributed by atoms with Crippen LogP contribution in [0, 0.1) is 0 Å². The van der Waals surface area contributed by atoms with E-state index in [2.05, 4.69) is 31.7 Å². The summed E-state index contributed by atoms with van der Waals surface area (Å²) in [5, 5.41) is 0. The zero-order valence-corrected chi connectivity index (χ0v) is 13.9. The van der Waals surface area contributed by atoms with Crippen LogP contribution in [0.1, 0.15) is 25.0 Å². The molecule has 0 aromatic heterocycles. The molecule has 0 aliphatic heterocycles. The summed E-state index contributed by atoms with van der Waals surface area (Å²) in [6.45, 7) is 9.07. The highest BCUT2D eigenvalue weighted by atomic mass is 16.5. The summed E-state index contributed by atoms with van der Waals surface area (Å²) < 4.78 is 11.8. The van der Waals surface area contributed by atoms with Crippen LogP contribution in [-0.2, 0) is 13.0 Å². The Kier molecular flexibility index (Phi) is 6.49. The van der Waals surface area contributed by atoms with Gasteiger partial charge in [0.05, 0.1) is 0 Å². The third kappa shape index (κ3) is 5.33. The van der Waals surface area contributed by atoms with Gasteiger partial charge >= 0.3 is 0 Å². The molecule has 0 fully saturated rings. The third-order valence-corrected chi connectivity index (χ3v) is 3.59. The fourth-order valence-corrected chi connectivity index (χ4v) is 2.12. The Labute approximate surface area is 139 Å². The van der Waals surface area contributed by atoms with Gasteiger partial charge in [-0.05, 0) is 49.6 Å². The number of hydrogen-bond acceptors (Lipinski definition) is 2. The largest absolute Gasteiger partial charge is 0.489 e.